The van der Waals surface area contributed by atoms with Crippen LogP contribution in [0.15, 0.2) is 24.3 Å². The first-order valence-corrected chi connectivity index (χ1v) is 7.74. The van der Waals surface area contributed by atoms with Crippen LogP contribution in [0.5, 0.6) is 0 Å². The molecule has 1 aromatic carbocycles. The Balaban J connectivity index is 1.79. The number of urea groups is 1. The SMILES string of the molecule is CC(Cc1ccc(C(C)C)cc1)NC(=O)N1CC(CO)C1. The third-order valence-corrected chi connectivity index (χ3v) is 4.06. The van der Waals surface area contributed by atoms with Gasteiger partial charge in [0.15, 0.2) is 0 Å². The van der Waals surface area contributed by atoms with E-state index >= 15 is 0 Å². The van der Waals surface area contributed by atoms with Gasteiger partial charge in [-0.25, -0.2) is 4.79 Å². The van der Waals surface area contributed by atoms with Crippen LogP contribution in [0.2, 0.25) is 0 Å². The Morgan fingerprint density at radius 3 is 2.43 bits per heavy atom. The number of aliphatic hydroxyl groups is 1. The van der Waals surface area contributed by atoms with Gasteiger partial charge < -0.3 is 15.3 Å². The molecule has 4 heteroatoms. The van der Waals surface area contributed by atoms with Gasteiger partial charge in [-0.1, -0.05) is 38.1 Å². The first kappa shape index (κ1) is 15.8. The summed E-state index contributed by atoms with van der Waals surface area (Å²) in [6.45, 7) is 7.89. The molecule has 2 amide bonds. The molecule has 1 aliphatic rings. The number of benzene rings is 1. The van der Waals surface area contributed by atoms with Gasteiger partial charge >= 0.3 is 6.03 Å². The Labute approximate surface area is 127 Å². The molecular weight excluding hydrogens is 264 g/mol. The minimum absolute atomic E-state index is 0.0222. The fourth-order valence-electron chi connectivity index (χ4n) is 2.60. The third kappa shape index (κ3) is 4.21. The van der Waals surface area contributed by atoms with Crippen molar-refractivity contribution in [2.75, 3.05) is 19.7 Å². The number of likely N-dealkylation sites (tertiary alicyclic amines) is 1. The maximum atomic E-state index is 12.0. The highest BCUT2D eigenvalue weighted by Crippen LogP contribution is 2.16. The van der Waals surface area contributed by atoms with Gasteiger partial charge in [0.05, 0.1) is 0 Å². The zero-order chi connectivity index (χ0) is 15.4. The number of rotatable bonds is 5. The molecule has 0 aliphatic carbocycles. The molecule has 0 bridgehead atoms. The van der Waals surface area contributed by atoms with E-state index in [1.807, 2.05) is 6.92 Å². The van der Waals surface area contributed by atoms with Crippen LogP contribution < -0.4 is 5.32 Å². The number of nitrogens with one attached hydrogen (secondary N) is 1. The number of nitrogens with zero attached hydrogens (tertiary/aromatic N) is 1. The van der Waals surface area contributed by atoms with Crippen molar-refractivity contribution in [2.45, 2.75) is 39.2 Å². The first-order chi connectivity index (χ1) is 9.99. The highest BCUT2D eigenvalue weighted by atomic mass is 16.3. The zero-order valence-electron chi connectivity index (χ0n) is 13.2. The monoisotopic (exact) mass is 290 g/mol. The molecule has 21 heavy (non-hydrogen) atoms. The number of hydrogen-bond donors (Lipinski definition) is 2. The Kier molecular flexibility index (Phi) is 5.23. The fourth-order valence-corrected chi connectivity index (χ4v) is 2.60. The molecule has 0 radical (unpaired) electrons. The molecule has 116 valence electrons. The summed E-state index contributed by atoms with van der Waals surface area (Å²) in [5.74, 6) is 0.802. The van der Waals surface area contributed by atoms with Gasteiger partial charge in [0.25, 0.3) is 0 Å². The van der Waals surface area contributed by atoms with E-state index < -0.39 is 0 Å². The second-order valence-electron chi connectivity index (χ2n) is 6.40. The molecule has 2 rings (SSSR count). The van der Waals surface area contributed by atoms with E-state index in [1.54, 1.807) is 4.90 Å². The van der Waals surface area contributed by atoms with E-state index in [2.05, 4.69) is 43.4 Å². The molecule has 1 fully saturated rings. The number of aliphatic hydroxyl groups excluding tert-OH is 1. The largest absolute Gasteiger partial charge is 0.396 e. The Morgan fingerprint density at radius 1 is 1.29 bits per heavy atom. The summed E-state index contributed by atoms with van der Waals surface area (Å²) >= 11 is 0. The molecule has 0 spiro atoms. The van der Waals surface area contributed by atoms with Crippen molar-refractivity contribution >= 4 is 6.03 Å². The van der Waals surface area contributed by atoms with Gasteiger partial charge in [-0.15, -0.1) is 0 Å². The summed E-state index contributed by atoms with van der Waals surface area (Å²) < 4.78 is 0. The highest BCUT2D eigenvalue weighted by molar-refractivity contribution is 5.75. The van der Waals surface area contributed by atoms with E-state index in [1.165, 1.54) is 11.1 Å². The van der Waals surface area contributed by atoms with Crippen LogP contribution in [0.3, 0.4) is 0 Å². The Bertz CT molecular complexity index is 464. The maximum Gasteiger partial charge on any atom is 0.317 e. The van der Waals surface area contributed by atoms with Gasteiger partial charge in [0.1, 0.15) is 0 Å². The molecule has 1 aliphatic heterocycles. The van der Waals surface area contributed by atoms with E-state index in [-0.39, 0.29) is 24.6 Å². The van der Waals surface area contributed by atoms with Crippen LogP contribution in [0.4, 0.5) is 4.79 Å². The topological polar surface area (TPSA) is 52.6 Å². The van der Waals surface area contributed by atoms with Crippen molar-refractivity contribution in [3.8, 4) is 0 Å². The first-order valence-electron chi connectivity index (χ1n) is 7.74. The summed E-state index contributed by atoms with van der Waals surface area (Å²) in [6, 6.07) is 8.69. The van der Waals surface area contributed by atoms with Crippen LogP contribution in [-0.2, 0) is 6.42 Å². The second kappa shape index (κ2) is 6.94. The molecule has 0 saturated carbocycles. The smallest absolute Gasteiger partial charge is 0.317 e. The predicted octanol–water partition coefficient (Wildman–Crippen LogP) is 2.37. The summed E-state index contributed by atoms with van der Waals surface area (Å²) in [7, 11) is 0. The lowest BCUT2D eigenvalue weighted by molar-refractivity contribution is 0.0765. The standard InChI is InChI=1S/C17H26N2O2/c1-12(2)16-6-4-14(5-7-16)8-13(3)18-17(21)19-9-15(10-19)11-20/h4-7,12-13,15,20H,8-11H2,1-3H3,(H,18,21). The van der Waals surface area contributed by atoms with E-state index in [0.717, 1.165) is 6.42 Å². The molecular formula is C17H26N2O2. The van der Waals surface area contributed by atoms with Crippen LogP contribution >= 0.6 is 0 Å². The molecule has 1 aromatic rings. The molecule has 1 atom stereocenters. The maximum absolute atomic E-state index is 12.0. The van der Waals surface area contributed by atoms with Gasteiger partial charge in [0, 0.05) is 31.7 Å². The average molecular weight is 290 g/mol. The van der Waals surface area contributed by atoms with Crippen LogP contribution in [0, 0.1) is 5.92 Å². The zero-order valence-corrected chi connectivity index (χ0v) is 13.2. The third-order valence-electron chi connectivity index (χ3n) is 4.06. The van der Waals surface area contributed by atoms with Gasteiger partial charge in [0.2, 0.25) is 0 Å². The molecule has 1 saturated heterocycles. The second-order valence-corrected chi connectivity index (χ2v) is 6.40. The normalized spacial score (nSPS) is 16.7. The number of carbonyl (C=O) groups is 1. The number of amides is 2. The summed E-state index contributed by atoms with van der Waals surface area (Å²) in [6.07, 6.45) is 0.835. The average Bonchev–Trinajstić information content (AvgIpc) is 2.37. The molecule has 4 nitrogen and oxygen atoms in total. The van der Waals surface area contributed by atoms with Crippen LogP contribution in [-0.4, -0.2) is 41.8 Å². The van der Waals surface area contributed by atoms with Gasteiger partial charge in [-0.3, -0.25) is 0 Å². The van der Waals surface area contributed by atoms with Crippen molar-refractivity contribution in [3.05, 3.63) is 35.4 Å². The minimum Gasteiger partial charge on any atom is -0.396 e. The Morgan fingerprint density at radius 2 is 1.90 bits per heavy atom. The minimum atomic E-state index is -0.0222. The van der Waals surface area contributed by atoms with E-state index in [4.69, 9.17) is 5.11 Å². The van der Waals surface area contributed by atoms with Crippen molar-refractivity contribution < 1.29 is 9.90 Å². The summed E-state index contributed by atoms with van der Waals surface area (Å²) in [4.78, 5) is 13.7. The quantitative estimate of drug-likeness (QED) is 0.875. The molecule has 1 heterocycles. The van der Waals surface area contributed by atoms with Crippen LogP contribution in [0.1, 0.15) is 37.8 Å². The molecule has 1 unspecified atom stereocenters. The van der Waals surface area contributed by atoms with Gasteiger partial charge in [-0.2, -0.15) is 0 Å². The number of carbonyl (C=O) groups excluding carboxylic acids is 1. The van der Waals surface area contributed by atoms with Crippen molar-refractivity contribution in [1.29, 1.82) is 0 Å². The van der Waals surface area contributed by atoms with Crippen molar-refractivity contribution in [2.24, 2.45) is 5.92 Å². The Hall–Kier alpha value is -1.55. The highest BCUT2D eigenvalue weighted by Gasteiger charge is 2.30. The fraction of sp³-hybridized carbons (Fsp3) is 0.588. The van der Waals surface area contributed by atoms with Gasteiger partial charge in [-0.05, 0) is 30.4 Å². The molecule has 2 N–H and O–H groups in total. The van der Waals surface area contributed by atoms with Crippen molar-refractivity contribution in [1.82, 2.24) is 10.2 Å². The lowest BCUT2D eigenvalue weighted by Gasteiger charge is -2.38. The lowest BCUT2D eigenvalue weighted by atomic mass is 9.99. The summed E-state index contributed by atoms with van der Waals surface area (Å²) in [5.41, 5.74) is 2.58. The lowest BCUT2D eigenvalue weighted by Crippen LogP contribution is -2.56. The molecule has 0 aromatic heterocycles. The van der Waals surface area contributed by atoms with Crippen molar-refractivity contribution in [3.63, 3.8) is 0 Å². The predicted molar refractivity (Wildman–Crippen MR) is 84.4 cm³/mol. The van der Waals surface area contributed by atoms with E-state index in [0.29, 0.717) is 19.0 Å². The van der Waals surface area contributed by atoms with Crippen LogP contribution in [0.25, 0.3) is 0 Å². The number of hydrogen-bond acceptors (Lipinski definition) is 2. The van der Waals surface area contributed by atoms with E-state index in [9.17, 15) is 4.79 Å². The summed E-state index contributed by atoms with van der Waals surface area (Å²) in [5, 5.41) is 12.0.